The Kier molecular flexibility index (Phi) is 7.83. The number of anilines is 1. The first-order chi connectivity index (χ1) is 7.15. The molecule has 1 rings (SSSR count). The molecular formula is C12H19IN2S. The zero-order chi connectivity index (χ0) is 11.3. The van der Waals surface area contributed by atoms with E-state index in [2.05, 4.69) is 32.2 Å². The lowest BCUT2D eigenvalue weighted by Gasteiger charge is -2.14. The first kappa shape index (κ1) is 15.8. The summed E-state index contributed by atoms with van der Waals surface area (Å²) in [7, 11) is 0. The molecular weight excluding hydrogens is 331 g/mol. The van der Waals surface area contributed by atoms with Gasteiger partial charge in [0.05, 0.1) is 0 Å². The highest BCUT2D eigenvalue weighted by atomic mass is 127. The van der Waals surface area contributed by atoms with Crippen molar-refractivity contribution in [2.24, 2.45) is 0 Å². The van der Waals surface area contributed by atoms with E-state index in [1.54, 1.807) is 0 Å². The molecule has 0 radical (unpaired) electrons. The van der Waals surface area contributed by atoms with Crippen LogP contribution in [-0.4, -0.2) is 10.9 Å². The van der Waals surface area contributed by atoms with E-state index in [-0.39, 0.29) is 24.0 Å². The van der Waals surface area contributed by atoms with Crippen LogP contribution in [0.25, 0.3) is 0 Å². The normalized spacial score (nSPS) is 9.75. The van der Waals surface area contributed by atoms with Gasteiger partial charge in [-0.15, -0.1) is 24.0 Å². The Morgan fingerprint density at radius 3 is 2.56 bits per heavy atom. The van der Waals surface area contributed by atoms with Gasteiger partial charge in [0, 0.05) is 5.69 Å². The van der Waals surface area contributed by atoms with Crippen molar-refractivity contribution in [2.45, 2.75) is 26.7 Å². The van der Waals surface area contributed by atoms with Gasteiger partial charge < -0.3 is 5.32 Å². The number of rotatable bonds is 3. The van der Waals surface area contributed by atoms with E-state index in [9.17, 15) is 0 Å². The summed E-state index contributed by atoms with van der Waals surface area (Å²) < 4.78 is 0. The minimum atomic E-state index is 0. The van der Waals surface area contributed by atoms with Gasteiger partial charge in [-0.2, -0.15) is 0 Å². The standard InChI is InChI=1S/C12H18N2S.HI/c1-4-15-12(13)14-11-8-6-5-7-10(11)9(2)3;/h5-9H,4H2,1-3H3,(H2,13,14);1H. The SMILES string of the molecule is CCSC(=N)Nc1ccccc1C(C)C.I. The molecule has 0 aliphatic heterocycles. The minimum absolute atomic E-state index is 0. The number of benzene rings is 1. The lowest BCUT2D eigenvalue weighted by Crippen LogP contribution is -2.08. The Hall–Kier alpha value is -0.230. The highest BCUT2D eigenvalue weighted by Gasteiger charge is 2.06. The van der Waals surface area contributed by atoms with Gasteiger partial charge in [0.1, 0.15) is 0 Å². The van der Waals surface area contributed by atoms with E-state index in [0.29, 0.717) is 11.1 Å². The first-order valence-electron chi connectivity index (χ1n) is 5.22. The number of hydrogen-bond donors (Lipinski definition) is 2. The molecule has 16 heavy (non-hydrogen) atoms. The fraction of sp³-hybridized carbons (Fsp3) is 0.417. The maximum absolute atomic E-state index is 7.72. The summed E-state index contributed by atoms with van der Waals surface area (Å²) in [6, 6.07) is 8.17. The van der Waals surface area contributed by atoms with Crippen LogP contribution in [0.2, 0.25) is 0 Å². The van der Waals surface area contributed by atoms with Crippen LogP contribution in [-0.2, 0) is 0 Å². The van der Waals surface area contributed by atoms with Gasteiger partial charge in [0.2, 0.25) is 0 Å². The summed E-state index contributed by atoms with van der Waals surface area (Å²) in [6.07, 6.45) is 0. The Labute approximate surface area is 119 Å². The quantitative estimate of drug-likeness (QED) is 0.477. The van der Waals surface area contributed by atoms with Crippen molar-refractivity contribution in [1.82, 2.24) is 0 Å². The number of amidine groups is 1. The molecule has 2 N–H and O–H groups in total. The van der Waals surface area contributed by atoms with E-state index in [4.69, 9.17) is 5.41 Å². The number of para-hydroxylation sites is 1. The Balaban J connectivity index is 0.00000225. The maximum atomic E-state index is 7.72. The van der Waals surface area contributed by atoms with Gasteiger partial charge in [-0.1, -0.05) is 50.7 Å². The van der Waals surface area contributed by atoms with Crippen molar-refractivity contribution in [2.75, 3.05) is 11.1 Å². The van der Waals surface area contributed by atoms with Crippen molar-refractivity contribution in [3.8, 4) is 0 Å². The van der Waals surface area contributed by atoms with E-state index < -0.39 is 0 Å². The van der Waals surface area contributed by atoms with Crippen LogP contribution in [0.15, 0.2) is 24.3 Å². The smallest absolute Gasteiger partial charge is 0.158 e. The van der Waals surface area contributed by atoms with Crippen LogP contribution < -0.4 is 5.32 Å². The summed E-state index contributed by atoms with van der Waals surface area (Å²) in [4.78, 5) is 0. The summed E-state index contributed by atoms with van der Waals surface area (Å²) in [6.45, 7) is 6.38. The molecule has 2 nitrogen and oxygen atoms in total. The van der Waals surface area contributed by atoms with Gasteiger partial charge >= 0.3 is 0 Å². The highest BCUT2D eigenvalue weighted by Crippen LogP contribution is 2.24. The van der Waals surface area contributed by atoms with Gasteiger partial charge in [-0.3, -0.25) is 5.41 Å². The number of halogens is 1. The molecule has 0 aliphatic carbocycles. The minimum Gasteiger partial charge on any atom is -0.335 e. The van der Waals surface area contributed by atoms with Gasteiger partial charge in [-0.25, -0.2) is 0 Å². The second-order valence-electron chi connectivity index (χ2n) is 3.63. The van der Waals surface area contributed by atoms with E-state index in [1.807, 2.05) is 18.2 Å². The Bertz CT molecular complexity index is 340. The molecule has 0 saturated heterocycles. The average molecular weight is 350 g/mol. The maximum Gasteiger partial charge on any atom is 0.158 e. The third kappa shape index (κ3) is 4.74. The molecule has 0 unspecified atom stereocenters. The third-order valence-corrected chi connectivity index (χ3v) is 2.80. The highest BCUT2D eigenvalue weighted by molar-refractivity contribution is 14.0. The van der Waals surface area contributed by atoms with Crippen molar-refractivity contribution in [3.63, 3.8) is 0 Å². The summed E-state index contributed by atoms with van der Waals surface area (Å²) in [5.41, 5.74) is 2.32. The summed E-state index contributed by atoms with van der Waals surface area (Å²) >= 11 is 1.52. The van der Waals surface area contributed by atoms with Crippen LogP contribution in [0.4, 0.5) is 5.69 Å². The van der Waals surface area contributed by atoms with Crippen LogP contribution in [0.1, 0.15) is 32.3 Å². The third-order valence-electron chi connectivity index (χ3n) is 2.12. The number of hydrogen-bond acceptors (Lipinski definition) is 2. The topological polar surface area (TPSA) is 35.9 Å². The zero-order valence-corrected chi connectivity index (χ0v) is 13.1. The van der Waals surface area contributed by atoms with E-state index in [0.717, 1.165) is 11.4 Å². The fourth-order valence-corrected chi connectivity index (χ4v) is 1.89. The molecule has 0 heterocycles. The molecule has 0 aliphatic rings. The molecule has 0 spiro atoms. The molecule has 0 aromatic heterocycles. The Morgan fingerprint density at radius 2 is 2.00 bits per heavy atom. The van der Waals surface area contributed by atoms with Crippen molar-refractivity contribution in [1.29, 1.82) is 5.41 Å². The second-order valence-corrected chi connectivity index (χ2v) is 4.90. The molecule has 4 heteroatoms. The molecule has 0 amide bonds. The molecule has 0 fully saturated rings. The predicted octanol–water partition coefficient (Wildman–Crippen LogP) is 4.53. The Morgan fingerprint density at radius 1 is 1.38 bits per heavy atom. The largest absolute Gasteiger partial charge is 0.335 e. The monoisotopic (exact) mass is 350 g/mol. The summed E-state index contributed by atoms with van der Waals surface area (Å²) in [5, 5.41) is 11.4. The predicted molar refractivity (Wildman–Crippen MR) is 85.4 cm³/mol. The summed E-state index contributed by atoms with van der Waals surface area (Å²) in [5.74, 6) is 1.41. The lowest BCUT2D eigenvalue weighted by atomic mass is 10.0. The van der Waals surface area contributed by atoms with E-state index in [1.165, 1.54) is 17.3 Å². The van der Waals surface area contributed by atoms with Gasteiger partial charge in [0.25, 0.3) is 0 Å². The zero-order valence-electron chi connectivity index (χ0n) is 9.91. The molecule has 0 bridgehead atoms. The van der Waals surface area contributed by atoms with Gasteiger partial charge in [-0.05, 0) is 23.3 Å². The van der Waals surface area contributed by atoms with Crippen molar-refractivity contribution < 1.29 is 0 Å². The molecule has 90 valence electrons. The first-order valence-corrected chi connectivity index (χ1v) is 6.21. The van der Waals surface area contributed by atoms with Crippen LogP contribution >= 0.6 is 35.7 Å². The molecule has 1 aromatic rings. The fourth-order valence-electron chi connectivity index (χ4n) is 1.42. The number of thioether (sulfide) groups is 1. The van der Waals surface area contributed by atoms with Crippen molar-refractivity contribution in [3.05, 3.63) is 29.8 Å². The van der Waals surface area contributed by atoms with E-state index >= 15 is 0 Å². The molecule has 0 saturated carbocycles. The second kappa shape index (κ2) is 7.95. The average Bonchev–Trinajstić information content (AvgIpc) is 2.18. The lowest BCUT2D eigenvalue weighted by molar-refractivity contribution is 0.869. The van der Waals surface area contributed by atoms with Crippen LogP contribution in [0.3, 0.4) is 0 Å². The van der Waals surface area contributed by atoms with Crippen molar-refractivity contribution >= 4 is 46.6 Å². The molecule has 0 atom stereocenters. The van der Waals surface area contributed by atoms with Gasteiger partial charge in [0.15, 0.2) is 5.17 Å². The molecule has 1 aromatic carbocycles. The van der Waals surface area contributed by atoms with Crippen LogP contribution in [0, 0.1) is 5.41 Å². The number of nitrogens with one attached hydrogen (secondary N) is 2. The van der Waals surface area contributed by atoms with Crippen LogP contribution in [0.5, 0.6) is 0 Å².